The summed E-state index contributed by atoms with van der Waals surface area (Å²) in [6.45, 7) is 3.81. The molecule has 5 rings (SSSR count). The van der Waals surface area contributed by atoms with Crippen molar-refractivity contribution in [2.75, 3.05) is 11.6 Å². The van der Waals surface area contributed by atoms with Gasteiger partial charge in [0.2, 0.25) is 11.1 Å². The average Bonchev–Trinajstić information content (AvgIpc) is 3.41. The van der Waals surface area contributed by atoms with Crippen LogP contribution >= 0.6 is 23.1 Å². The van der Waals surface area contributed by atoms with Gasteiger partial charge in [0.05, 0.1) is 16.6 Å². The van der Waals surface area contributed by atoms with Crippen LogP contribution in [0.15, 0.2) is 47.8 Å². The highest BCUT2D eigenvalue weighted by molar-refractivity contribution is 7.98. The second-order valence-corrected chi connectivity index (χ2v) is 9.02. The van der Waals surface area contributed by atoms with E-state index in [1.807, 2.05) is 44.4 Å². The van der Waals surface area contributed by atoms with Crippen molar-refractivity contribution in [1.29, 1.82) is 0 Å². The highest BCUT2D eigenvalue weighted by Gasteiger charge is 2.16. The van der Waals surface area contributed by atoms with Crippen molar-refractivity contribution in [3.05, 3.63) is 59.5 Å². The Morgan fingerprint density at radius 3 is 2.72 bits per heavy atom. The lowest BCUT2D eigenvalue weighted by molar-refractivity contribution is -0.115. The molecule has 0 unspecified atom stereocenters. The second-order valence-electron chi connectivity index (χ2n) is 7.22. The summed E-state index contributed by atoms with van der Waals surface area (Å²) in [5.74, 6) is 0.873. The molecule has 10 heteroatoms. The molecule has 0 spiro atoms. The molecule has 0 bridgehead atoms. The van der Waals surface area contributed by atoms with Gasteiger partial charge in [-0.25, -0.2) is 19.5 Å². The van der Waals surface area contributed by atoms with Gasteiger partial charge < -0.3 is 5.32 Å². The Hall–Kier alpha value is -3.37. The van der Waals surface area contributed by atoms with E-state index < -0.39 is 0 Å². The van der Waals surface area contributed by atoms with E-state index >= 15 is 0 Å². The summed E-state index contributed by atoms with van der Waals surface area (Å²) in [7, 11) is 0. The number of hydrogen-bond acceptors (Lipinski definition) is 8. The minimum atomic E-state index is -0.164. The van der Waals surface area contributed by atoms with Crippen LogP contribution in [0.4, 0.5) is 5.82 Å². The first-order valence-electron chi connectivity index (χ1n) is 9.90. The molecule has 0 aliphatic heterocycles. The molecule has 0 saturated carbocycles. The number of aryl methyl sites for hydroxylation is 2. The number of nitrogens with one attached hydrogen (secondary N) is 1. The number of aromatic nitrogens is 6. The van der Waals surface area contributed by atoms with E-state index in [0.717, 1.165) is 37.7 Å². The number of thiazole rings is 1. The Kier molecular flexibility index (Phi) is 5.32. The zero-order valence-corrected chi connectivity index (χ0v) is 19.3. The number of anilines is 1. The average molecular weight is 462 g/mol. The predicted octanol–water partition coefficient (Wildman–Crippen LogP) is 4.32. The number of benzene rings is 1. The molecule has 0 aliphatic carbocycles. The lowest BCUT2D eigenvalue weighted by Crippen LogP contribution is -2.18. The zero-order valence-electron chi connectivity index (χ0n) is 17.7. The largest absolute Gasteiger partial charge is 0.310 e. The Labute approximate surface area is 192 Å². The SMILES string of the molecule is CSc1nc2nc(C)c(CC(=O)Nc3ccc(-c4nc5ccccc5s4)cn3)c(C)n2n1. The fraction of sp³-hybridized carbons (Fsp3) is 0.182. The summed E-state index contributed by atoms with van der Waals surface area (Å²) in [6.07, 6.45) is 3.83. The first-order chi connectivity index (χ1) is 15.5. The molecule has 1 amide bonds. The van der Waals surface area contributed by atoms with Gasteiger partial charge in [0, 0.05) is 28.7 Å². The highest BCUT2D eigenvalue weighted by atomic mass is 32.2. The molecule has 0 atom stereocenters. The van der Waals surface area contributed by atoms with Gasteiger partial charge in [0.1, 0.15) is 10.8 Å². The van der Waals surface area contributed by atoms with Crippen molar-refractivity contribution < 1.29 is 4.79 Å². The number of carbonyl (C=O) groups is 1. The maximum absolute atomic E-state index is 12.7. The van der Waals surface area contributed by atoms with Gasteiger partial charge in [-0.15, -0.1) is 16.4 Å². The minimum Gasteiger partial charge on any atom is -0.310 e. The number of amides is 1. The van der Waals surface area contributed by atoms with Gasteiger partial charge in [0.25, 0.3) is 5.78 Å². The monoisotopic (exact) mass is 461 g/mol. The predicted molar refractivity (Wildman–Crippen MR) is 127 cm³/mol. The molecular weight excluding hydrogens is 442 g/mol. The van der Waals surface area contributed by atoms with Crippen LogP contribution < -0.4 is 5.32 Å². The number of hydrogen-bond donors (Lipinski definition) is 1. The number of pyridine rings is 1. The third kappa shape index (κ3) is 3.82. The first-order valence-corrected chi connectivity index (χ1v) is 11.9. The Balaban J connectivity index is 1.33. The van der Waals surface area contributed by atoms with Crippen molar-refractivity contribution in [3.63, 3.8) is 0 Å². The topological polar surface area (TPSA) is 98.0 Å². The van der Waals surface area contributed by atoms with Crippen LogP contribution in [-0.4, -0.2) is 41.7 Å². The summed E-state index contributed by atoms with van der Waals surface area (Å²) in [5.41, 5.74) is 4.34. The van der Waals surface area contributed by atoms with Gasteiger partial charge in [-0.2, -0.15) is 4.98 Å². The van der Waals surface area contributed by atoms with E-state index in [0.29, 0.717) is 16.8 Å². The molecule has 8 nitrogen and oxygen atoms in total. The van der Waals surface area contributed by atoms with Crippen LogP contribution in [-0.2, 0) is 11.2 Å². The number of rotatable bonds is 5. The molecule has 4 aromatic heterocycles. The number of para-hydroxylation sites is 1. The summed E-state index contributed by atoms with van der Waals surface area (Å²) < 4.78 is 2.82. The zero-order chi connectivity index (χ0) is 22.2. The lowest BCUT2D eigenvalue weighted by atomic mass is 10.1. The van der Waals surface area contributed by atoms with Crippen molar-refractivity contribution in [3.8, 4) is 10.6 Å². The number of thioether (sulfide) groups is 1. The smallest absolute Gasteiger partial charge is 0.253 e. The minimum absolute atomic E-state index is 0.164. The fourth-order valence-electron chi connectivity index (χ4n) is 3.47. The third-order valence-electron chi connectivity index (χ3n) is 5.12. The van der Waals surface area contributed by atoms with E-state index in [9.17, 15) is 4.79 Å². The quantitative estimate of drug-likeness (QED) is 0.389. The van der Waals surface area contributed by atoms with E-state index in [-0.39, 0.29) is 12.3 Å². The Bertz CT molecular complexity index is 1420. The summed E-state index contributed by atoms with van der Waals surface area (Å²) >= 11 is 3.08. The molecular formula is C22H19N7OS2. The van der Waals surface area contributed by atoms with Gasteiger partial charge in [0.15, 0.2) is 0 Å². The molecule has 0 fully saturated rings. The molecule has 1 N–H and O–H groups in total. The number of nitrogens with zero attached hydrogens (tertiary/aromatic N) is 6. The van der Waals surface area contributed by atoms with Crippen LogP contribution in [0.25, 0.3) is 26.6 Å². The molecule has 4 heterocycles. The lowest BCUT2D eigenvalue weighted by Gasteiger charge is -2.10. The first kappa shape index (κ1) is 20.5. The molecule has 1 aromatic carbocycles. The van der Waals surface area contributed by atoms with Gasteiger partial charge in [-0.3, -0.25) is 4.79 Å². The maximum Gasteiger partial charge on any atom is 0.253 e. The van der Waals surface area contributed by atoms with Crippen molar-refractivity contribution >= 4 is 50.8 Å². The second kappa shape index (κ2) is 8.29. The fourth-order valence-corrected chi connectivity index (χ4v) is 4.76. The third-order valence-corrected chi connectivity index (χ3v) is 6.74. The molecule has 0 radical (unpaired) electrons. The van der Waals surface area contributed by atoms with Crippen molar-refractivity contribution in [2.45, 2.75) is 25.4 Å². The van der Waals surface area contributed by atoms with E-state index in [4.69, 9.17) is 0 Å². The van der Waals surface area contributed by atoms with Crippen LogP contribution in [0.1, 0.15) is 17.0 Å². The van der Waals surface area contributed by atoms with Gasteiger partial charge in [-0.1, -0.05) is 23.9 Å². The highest BCUT2D eigenvalue weighted by Crippen LogP contribution is 2.29. The van der Waals surface area contributed by atoms with Crippen LogP contribution in [0.5, 0.6) is 0 Å². The molecule has 32 heavy (non-hydrogen) atoms. The molecule has 0 aliphatic rings. The maximum atomic E-state index is 12.7. The summed E-state index contributed by atoms with van der Waals surface area (Å²) in [6, 6.07) is 11.7. The number of carbonyl (C=O) groups excluding carboxylic acids is 1. The normalized spacial score (nSPS) is 11.3. The van der Waals surface area contributed by atoms with Crippen LogP contribution in [0.3, 0.4) is 0 Å². The molecule has 5 aromatic rings. The number of fused-ring (bicyclic) bond motifs is 2. The Morgan fingerprint density at radius 2 is 1.97 bits per heavy atom. The van der Waals surface area contributed by atoms with Crippen LogP contribution in [0, 0.1) is 13.8 Å². The Morgan fingerprint density at radius 1 is 1.12 bits per heavy atom. The van der Waals surface area contributed by atoms with Gasteiger partial charge >= 0.3 is 0 Å². The van der Waals surface area contributed by atoms with E-state index in [2.05, 4.69) is 36.4 Å². The standard InChI is InChI=1S/C22H19N7OS2/c1-12-15(13(2)29-21(24-12)27-22(28-29)31-3)10-19(30)26-18-9-8-14(11-23-18)20-25-16-6-4-5-7-17(16)32-20/h4-9,11H,10H2,1-3H3,(H,23,26,30). The molecule has 160 valence electrons. The summed E-state index contributed by atoms with van der Waals surface area (Å²) in [4.78, 5) is 30.7. The van der Waals surface area contributed by atoms with Crippen LogP contribution in [0.2, 0.25) is 0 Å². The van der Waals surface area contributed by atoms with Crippen molar-refractivity contribution in [1.82, 2.24) is 29.5 Å². The van der Waals surface area contributed by atoms with E-state index in [1.54, 1.807) is 28.1 Å². The molecule has 0 saturated heterocycles. The summed E-state index contributed by atoms with van der Waals surface area (Å²) in [5, 5.41) is 8.86. The van der Waals surface area contributed by atoms with E-state index in [1.165, 1.54) is 11.8 Å². The van der Waals surface area contributed by atoms with Crippen molar-refractivity contribution in [2.24, 2.45) is 0 Å². The van der Waals surface area contributed by atoms with Gasteiger partial charge in [-0.05, 0) is 44.4 Å².